The predicted octanol–water partition coefficient (Wildman–Crippen LogP) is 3.22. The molecule has 0 aliphatic rings. The number of benzene rings is 1. The van der Waals surface area contributed by atoms with Crippen molar-refractivity contribution in [2.75, 3.05) is 13.2 Å². The van der Waals surface area contributed by atoms with Gasteiger partial charge in [-0.15, -0.1) is 0 Å². The van der Waals surface area contributed by atoms with Gasteiger partial charge in [0, 0.05) is 6.42 Å². The van der Waals surface area contributed by atoms with Gasteiger partial charge in [0.15, 0.2) is 17.4 Å². The third kappa shape index (κ3) is 4.81. The first-order valence-electron chi connectivity index (χ1n) is 5.98. The zero-order chi connectivity index (χ0) is 14.3. The van der Waals surface area contributed by atoms with Crippen LogP contribution in [0.3, 0.4) is 0 Å². The highest BCUT2D eigenvalue weighted by Gasteiger charge is 2.14. The first kappa shape index (κ1) is 15.3. The molecule has 19 heavy (non-hydrogen) atoms. The minimum Gasteiger partial charge on any atom is -0.490 e. The Morgan fingerprint density at radius 3 is 2.58 bits per heavy atom. The van der Waals surface area contributed by atoms with E-state index in [0.29, 0.717) is 19.4 Å². The molecule has 6 heteroatoms. The van der Waals surface area contributed by atoms with Crippen LogP contribution in [-0.4, -0.2) is 19.2 Å². The maximum absolute atomic E-state index is 13.2. The van der Waals surface area contributed by atoms with Gasteiger partial charge in [0.2, 0.25) is 5.82 Å². The molecule has 0 saturated heterocycles. The van der Waals surface area contributed by atoms with Crippen LogP contribution in [0.4, 0.5) is 13.2 Å². The fraction of sp³-hybridized carbons (Fsp3) is 0.462. The van der Waals surface area contributed by atoms with E-state index in [1.54, 1.807) is 6.92 Å². The Morgan fingerprint density at radius 1 is 1.16 bits per heavy atom. The monoisotopic (exact) mass is 276 g/mol. The molecule has 0 bridgehead atoms. The maximum atomic E-state index is 13.2. The summed E-state index contributed by atoms with van der Waals surface area (Å²) in [4.78, 5) is 11.0. The van der Waals surface area contributed by atoms with E-state index in [4.69, 9.17) is 9.47 Å². The summed E-state index contributed by atoms with van der Waals surface area (Å²) in [6.45, 7) is 2.16. The molecule has 0 radical (unpaired) electrons. The number of unbranched alkanes of at least 4 members (excludes halogenated alkanes) is 1. The highest BCUT2D eigenvalue weighted by molar-refractivity contribution is 5.69. The first-order valence-corrected chi connectivity index (χ1v) is 5.98. The molecule has 0 N–H and O–H groups in total. The number of rotatable bonds is 7. The van der Waals surface area contributed by atoms with Gasteiger partial charge in [-0.1, -0.05) is 0 Å². The van der Waals surface area contributed by atoms with Crippen molar-refractivity contribution in [1.82, 2.24) is 0 Å². The molecule has 1 aromatic carbocycles. The number of hydrogen-bond donors (Lipinski definition) is 0. The maximum Gasteiger partial charge on any atom is 0.305 e. The van der Waals surface area contributed by atoms with Crippen molar-refractivity contribution in [2.24, 2.45) is 0 Å². The van der Waals surface area contributed by atoms with Gasteiger partial charge in [-0.05, 0) is 31.9 Å². The lowest BCUT2D eigenvalue weighted by Gasteiger charge is -2.07. The van der Waals surface area contributed by atoms with Crippen LogP contribution in [-0.2, 0) is 9.53 Å². The van der Waals surface area contributed by atoms with Gasteiger partial charge >= 0.3 is 5.97 Å². The Hall–Kier alpha value is -1.72. The van der Waals surface area contributed by atoms with Crippen molar-refractivity contribution in [3.05, 3.63) is 29.6 Å². The summed E-state index contributed by atoms with van der Waals surface area (Å²) in [5, 5.41) is 0. The molecule has 0 amide bonds. The van der Waals surface area contributed by atoms with Gasteiger partial charge in [0.25, 0.3) is 0 Å². The summed E-state index contributed by atoms with van der Waals surface area (Å²) >= 11 is 0. The quantitative estimate of drug-likeness (QED) is 0.436. The average molecular weight is 276 g/mol. The Labute approximate surface area is 109 Å². The number of hydrogen-bond acceptors (Lipinski definition) is 3. The van der Waals surface area contributed by atoms with E-state index in [9.17, 15) is 18.0 Å². The largest absolute Gasteiger partial charge is 0.490 e. The van der Waals surface area contributed by atoms with Crippen molar-refractivity contribution in [3.8, 4) is 5.75 Å². The van der Waals surface area contributed by atoms with E-state index in [1.807, 2.05) is 0 Å². The summed E-state index contributed by atoms with van der Waals surface area (Å²) in [6.07, 6.45) is 1.25. The molecule has 0 aliphatic heterocycles. The van der Waals surface area contributed by atoms with Gasteiger partial charge in [0.1, 0.15) is 0 Å². The summed E-state index contributed by atoms with van der Waals surface area (Å²) < 4.78 is 48.4. The second-order valence-electron chi connectivity index (χ2n) is 3.78. The normalized spacial score (nSPS) is 10.3. The number of carbonyl (C=O) groups excluding carboxylic acids is 1. The Bertz CT molecular complexity index is 435. The highest BCUT2D eigenvalue weighted by atomic mass is 19.2. The van der Waals surface area contributed by atoms with Crippen molar-refractivity contribution in [1.29, 1.82) is 0 Å². The lowest BCUT2D eigenvalue weighted by atomic mass is 10.2. The molecule has 0 saturated carbocycles. The Balaban J connectivity index is 2.30. The van der Waals surface area contributed by atoms with Crippen LogP contribution in [0.1, 0.15) is 26.2 Å². The molecule has 0 unspecified atom stereocenters. The van der Waals surface area contributed by atoms with Gasteiger partial charge < -0.3 is 9.47 Å². The first-order chi connectivity index (χ1) is 9.06. The zero-order valence-corrected chi connectivity index (χ0v) is 10.5. The molecule has 3 nitrogen and oxygen atoms in total. The molecule has 106 valence electrons. The van der Waals surface area contributed by atoms with E-state index in [-0.39, 0.29) is 24.7 Å². The van der Waals surface area contributed by atoms with Crippen LogP contribution in [0.15, 0.2) is 12.1 Å². The van der Waals surface area contributed by atoms with Crippen LogP contribution < -0.4 is 4.74 Å². The third-order valence-corrected chi connectivity index (χ3v) is 2.34. The summed E-state index contributed by atoms with van der Waals surface area (Å²) in [7, 11) is 0. The number of halogens is 3. The molecule has 0 fully saturated rings. The van der Waals surface area contributed by atoms with Crippen molar-refractivity contribution >= 4 is 5.97 Å². The summed E-state index contributed by atoms with van der Waals surface area (Å²) in [5.74, 6) is -4.79. The van der Waals surface area contributed by atoms with Crippen molar-refractivity contribution in [2.45, 2.75) is 26.2 Å². The van der Waals surface area contributed by atoms with Crippen LogP contribution in [0.5, 0.6) is 5.75 Å². The molecule has 0 aliphatic carbocycles. The fourth-order valence-electron chi connectivity index (χ4n) is 1.41. The van der Waals surface area contributed by atoms with E-state index in [0.717, 1.165) is 12.1 Å². The van der Waals surface area contributed by atoms with Crippen LogP contribution in [0.25, 0.3) is 0 Å². The number of esters is 1. The average Bonchev–Trinajstić information content (AvgIpc) is 2.38. The van der Waals surface area contributed by atoms with E-state index in [1.165, 1.54) is 0 Å². The molecule has 0 heterocycles. The second kappa shape index (κ2) is 7.66. The highest BCUT2D eigenvalue weighted by Crippen LogP contribution is 2.21. The topological polar surface area (TPSA) is 35.5 Å². The molecule has 0 atom stereocenters. The lowest BCUT2D eigenvalue weighted by Crippen LogP contribution is -2.06. The minimum absolute atomic E-state index is 0.112. The molecule has 0 spiro atoms. The zero-order valence-electron chi connectivity index (χ0n) is 10.5. The Kier molecular flexibility index (Phi) is 6.18. The van der Waals surface area contributed by atoms with E-state index in [2.05, 4.69) is 0 Å². The van der Waals surface area contributed by atoms with Crippen LogP contribution in [0.2, 0.25) is 0 Å². The van der Waals surface area contributed by atoms with Crippen molar-refractivity contribution < 1.29 is 27.4 Å². The molecule has 1 aromatic rings. The predicted molar refractivity (Wildman–Crippen MR) is 62.3 cm³/mol. The number of carbonyl (C=O) groups is 1. The van der Waals surface area contributed by atoms with Crippen LogP contribution in [0, 0.1) is 17.5 Å². The van der Waals surface area contributed by atoms with E-state index >= 15 is 0 Å². The molecule has 0 aromatic heterocycles. The summed E-state index contributed by atoms with van der Waals surface area (Å²) in [5.41, 5.74) is 0. The van der Waals surface area contributed by atoms with Crippen LogP contribution >= 0.6 is 0 Å². The lowest BCUT2D eigenvalue weighted by molar-refractivity contribution is -0.143. The standard InChI is InChI=1S/C13H15F3O3/c1-2-18-11(17)5-3-4-8-19-10-7-6-9(14)12(15)13(10)16/h6-7H,2-5,8H2,1H3. The summed E-state index contributed by atoms with van der Waals surface area (Å²) in [6, 6.07) is 1.82. The number of ether oxygens (including phenoxy) is 2. The van der Waals surface area contributed by atoms with Crippen molar-refractivity contribution in [3.63, 3.8) is 0 Å². The minimum atomic E-state index is -1.55. The van der Waals surface area contributed by atoms with Gasteiger partial charge in [-0.3, -0.25) is 4.79 Å². The molecular weight excluding hydrogens is 261 g/mol. The Morgan fingerprint density at radius 2 is 1.89 bits per heavy atom. The van der Waals surface area contributed by atoms with Gasteiger partial charge in [-0.25, -0.2) is 8.78 Å². The third-order valence-electron chi connectivity index (χ3n) is 2.34. The fourth-order valence-corrected chi connectivity index (χ4v) is 1.41. The second-order valence-corrected chi connectivity index (χ2v) is 3.78. The van der Waals surface area contributed by atoms with Gasteiger partial charge in [-0.2, -0.15) is 4.39 Å². The molecule has 1 rings (SSSR count). The molecular formula is C13H15F3O3. The van der Waals surface area contributed by atoms with E-state index < -0.39 is 17.5 Å². The SMILES string of the molecule is CCOC(=O)CCCCOc1ccc(F)c(F)c1F. The van der Waals surface area contributed by atoms with Gasteiger partial charge in [0.05, 0.1) is 13.2 Å². The smallest absolute Gasteiger partial charge is 0.305 e.